The predicted molar refractivity (Wildman–Crippen MR) is 52.8 cm³/mol. The molecule has 0 spiro atoms. The van der Waals surface area contributed by atoms with Crippen molar-refractivity contribution in [2.24, 2.45) is 0 Å². The highest BCUT2D eigenvalue weighted by Crippen LogP contribution is 2.13. The maximum absolute atomic E-state index is 5.45. The van der Waals surface area contributed by atoms with E-state index in [-0.39, 0.29) is 5.95 Å². The lowest BCUT2D eigenvalue weighted by molar-refractivity contribution is 0.917. The summed E-state index contributed by atoms with van der Waals surface area (Å²) in [5, 5.41) is 3.92. The van der Waals surface area contributed by atoms with E-state index < -0.39 is 0 Å². The van der Waals surface area contributed by atoms with Gasteiger partial charge in [0, 0.05) is 12.4 Å². The lowest BCUT2D eigenvalue weighted by Crippen LogP contribution is -2.03. The summed E-state index contributed by atoms with van der Waals surface area (Å²) in [5.41, 5.74) is 6.11. The van der Waals surface area contributed by atoms with Crippen molar-refractivity contribution in [1.82, 2.24) is 19.6 Å². The Morgan fingerprint density at radius 3 is 3.17 bits per heavy atom. The van der Waals surface area contributed by atoms with Crippen LogP contribution in [-0.4, -0.2) is 19.6 Å². The van der Waals surface area contributed by atoms with Gasteiger partial charge in [-0.1, -0.05) is 0 Å². The zero-order valence-electron chi connectivity index (χ0n) is 5.90. The van der Waals surface area contributed by atoms with Crippen molar-refractivity contribution in [3.8, 4) is 0 Å². The third-order valence-electron chi connectivity index (χ3n) is 1.36. The molecular weight excluding hydrogens is 271 g/mol. The summed E-state index contributed by atoms with van der Waals surface area (Å²) < 4.78 is 4.43. The number of rotatable bonds is 1. The molecule has 0 aliphatic heterocycles. The third-order valence-corrected chi connectivity index (χ3v) is 1.87. The van der Waals surface area contributed by atoms with Crippen LogP contribution < -0.4 is 9.26 Å². The molecule has 0 bridgehead atoms. The number of nitrogen functional groups attached to an aromatic ring is 1. The smallest absolute Gasteiger partial charge is 0.240 e. The van der Waals surface area contributed by atoms with Crippen molar-refractivity contribution >= 4 is 40.3 Å². The number of nitrogens with zero attached hydrogens (tertiary/aromatic N) is 4. The van der Waals surface area contributed by atoms with E-state index in [0.717, 1.165) is 0 Å². The summed E-state index contributed by atoms with van der Waals surface area (Å²) in [6.07, 6.45) is 3.35. The Kier molecular flexibility index (Phi) is 1.71. The van der Waals surface area contributed by atoms with E-state index >= 15 is 0 Å². The van der Waals surface area contributed by atoms with Gasteiger partial charge < -0.3 is 9.26 Å². The fourth-order valence-corrected chi connectivity index (χ4v) is 1.27. The van der Waals surface area contributed by atoms with Crippen LogP contribution in [-0.2, 0) is 0 Å². The first kappa shape index (κ1) is 7.53. The van der Waals surface area contributed by atoms with Crippen LogP contribution in [0.5, 0.6) is 0 Å². The van der Waals surface area contributed by atoms with Gasteiger partial charge in [-0.2, -0.15) is 4.98 Å². The second-order valence-electron chi connectivity index (χ2n) is 2.11. The number of halogens is 1. The maximum Gasteiger partial charge on any atom is 0.240 e. The van der Waals surface area contributed by atoms with Gasteiger partial charge in [0.2, 0.25) is 5.95 Å². The molecule has 62 valence electrons. The Morgan fingerprint density at radius 2 is 2.42 bits per heavy atom. The second kappa shape index (κ2) is 2.73. The maximum atomic E-state index is 5.45. The monoisotopic (exact) mass is 276 g/mol. The van der Waals surface area contributed by atoms with E-state index in [0.29, 0.717) is 11.5 Å². The minimum absolute atomic E-state index is 0.222. The van der Waals surface area contributed by atoms with Gasteiger partial charge in [-0.15, -0.1) is 5.10 Å². The molecule has 0 saturated carbocycles. The molecule has 0 atom stereocenters. The molecule has 2 aromatic heterocycles. The number of nitrogens with one attached hydrogen (secondary N) is 1. The van der Waals surface area contributed by atoms with Crippen LogP contribution in [0.4, 0.5) is 11.8 Å². The lowest BCUT2D eigenvalue weighted by Gasteiger charge is -1.99. The van der Waals surface area contributed by atoms with Crippen LogP contribution in [0.1, 0.15) is 0 Å². The summed E-state index contributed by atoms with van der Waals surface area (Å²) in [6.45, 7) is 0. The summed E-state index contributed by atoms with van der Waals surface area (Å²) in [7, 11) is 0. The van der Waals surface area contributed by atoms with Crippen molar-refractivity contribution in [3.63, 3.8) is 0 Å². The highest BCUT2D eigenvalue weighted by atomic mass is 127. The Bertz CT molecular complexity index is 409. The van der Waals surface area contributed by atoms with Crippen LogP contribution in [0, 0.1) is 0 Å². The van der Waals surface area contributed by atoms with Gasteiger partial charge in [-0.25, -0.2) is 9.50 Å². The molecule has 0 radical (unpaired) electrons. The summed E-state index contributed by atoms with van der Waals surface area (Å²) in [6, 6.07) is 0. The Labute approximate surface area is 81.7 Å². The number of nitrogens with two attached hydrogens (primary N) is 1. The van der Waals surface area contributed by atoms with Crippen LogP contribution in [0.15, 0.2) is 12.4 Å². The summed E-state index contributed by atoms with van der Waals surface area (Å²) >= 11 is 1.97. The molecule has 0 aromatic carbocycles. The molecule has 2 rings (SSSR count). The second-order valence-corrected chi connectivity index (χ2v) is 2.65. The standard InChI is InChI=1S/C5H5IN6/c6-10-3-4-8-1-2-12(4)11-5(7)9-3/h1-2H,(H3,7,9,10,11). The Hall–Kier alpha value is -1.12. The number of hydrogen-bond donors (Lipinski definition) is 2. The molecule has 0 fully saturated rings. The molecule has 3 N–H and O–H groups in total. The number of imidazole rings is 1. The largest absolute Gasteiger partial charge is 0.366 e. The topological polar surface area (TPSA) is 81.1 Å². The SMILES string of the molecule is Nc1nc(NI)c2nccn2n1. The molecule has 0 saturated heterocycles. The number of anilines is 2. The predicted octanol–water partition coefficient (Wildman–Crippen LogP) is 0.468. The Morgan fingerprint density at radius 1 is 1.58 bits per heavy atom. The van der Waals surface area contributed by atoms with Gasteiger partial charge in [0.1, 0.15) is 0 Å². The van der Waals surface area contributed by atoms with Gasteiger partial charge in [0.15, 0.2) is 11.5 Å². The van der Waals surface area contributed by atoms with Crippen LogP contribution >= 0.6 is 22.9 Å². The summed E-state index contributed by atoms with van der Waals surface area (Å²) in [4.78, 5) is 8.00. The van der Waals surface area contributed by atoms with Crippen LogP contribution in [0.3, 0.4) is 0 Å². The van der Waals surface area contributed by atoms with E-state index in [9.17, 15) is 0 Å². The van der Waals surface area contributed by atoms with Gasteiger partial charge in [-0.3, -0.25) is 0 Å². The fraction of sp³-hybridized carbons (Fsp3) is 0. The zero-order valence-corrected chi connectivity index (χ0v) is 8.06. The average molecular weight is 276 g/mol. The normalized spacial score (nSPS) is 10.4. The molecule has 0 aliphatic carbocycles. The third kappa shape index (κ3) is 1.05. The molecule has 0 unspecified atom stereocenters. The van der Waals surface area contributed by atoms with Gasteiger partial charge >= 0.3 is 0 Å². The molecule has 0 amide bonds. The Balaban J connectivity index is 2.80. The van der Waals surface area contributed by atoms with E-state index in [1.807, 2.05) is 22.9 Å². The van der Waals surface area contributed by atoms with Crippen molar-refractivity contribution in [1.29, 1.82) is 0 Å². The van der Waals surface area contributed by atoms with E-state index in [1.165, 1.54) is 0 Å². The zero-order chi connectivity index (χ0) is 8.55. The molecule has 2 aromatic rings. The average Bonchev–Trinajstić information content (AvgIpc) is 2.50. The lowest BCUT2D eigenvalue weighted by atomic mass is 10.7. The van der Waals surface area contributed by atoms with Gasteiger partial charge in [0.25, 0.3) is 0 Å². The van der Waals surface area contributed by atoms with Crippen LogP contribution in [0.2, 0.25) is 0 Å². The first-order valence-corrected chi connectivity index (χ1v) is 4.22. The molecular formula is C5H5IN6. The first-order chi connectivity index (χ1) is 5.81. The molecule has 6 nitrogen and oxygen atoms in total. The minimum atomic E-state index is 0.222. The molecule has 7 heteroatoms. The first-order valence-electron chi connectivity index (χ1n) is 3.15. The number of aromatic nitrogens is 4. The summed E-state index contributed by atoms with van der Waals surface area (Å²) in [5.74, 6) is 0.841. The number of fused-ring (bicyclic) bond motifs is 1. The van der Waals surface area contributed by atoms with Crippen molar-refractivity contribution < 1.29 is 0 Å². The highest BCUT2D eigenvalue weighted by Gasteiger charge is 2.04. The van der Waals surface area contributed by atoms with Crippen molar-refractivity contribution in [3.05, 3.63) is 12.4 Å². The van der Waals surface area contributed by atoms with E-state index in [2.05, 4.69) is 18.6 Å². The molecule has 12 heavy (non-hydrogen) atoms. The van der Waals surface area contributed by atoms with Crippen LogP contribution in [0.25, 0.3) is 5.65 Å². The highest BCUT2D eigenvalue weighted by molar-refractivity contribution is 14.1. The number of hydrogen-bond acceptors (Lipinski definition) is 5. The van der Waals surface area contributed by atoms with E-state index in [4.69, 9.17) is 5.73 Å². The van der Waals surface area contributed by atoms with Gasteiger partial charge in [-0.05, 0) is 0 Å². The quantitative estimate of drug-likeness (QED) is 0.584. The van der Waals surface area contributed by atoms with Crippen molar-refractivity contribution in [2.45, 2.75) is 0 Å². The molecule has 2 heterocycles. The van der Waals surface area contributed by atoms with Gasteiger partial charge in [0.05, 0.1) is 22.9 Å². The van der Waals surface area contributed by atoms with Crippen molar-refractivity contribution in [2.75, 3.05) is 9.26 Å². The molecule has 0 aliphatic rings. The fourth-order valence-electron chi connectivity index (χ4n) is 0.908. The van der Waals surface area contributed by atoms with E-state index in [1.54, 1.807) is 16.9 Å². The minimum Gasteiger partial charge on any atom is -0.366 e.